The van der Waals surface area contributed by atoms with Gasteiger partial charge in [0, 0.05) is 6.07 Å². The number of ether oxygens (including phenoxy) is 2. The molecule has 0 saturated heterocycles. The van der Waals surface area contributed by atoms with Gasteiger partial charge in [0.05, 0.1) is 30.8 Å². The lowest BCUT2D eigenvalue weighted by atomic mass is 10.2. The van der Waals surface area contributed by atoms with Crippen molar-refractivity contribution in [1.82, 2.24) is 8.96 Å². The van der Waals surface area contributed by atoms with E-state index in [2.05, 4.69) is 4.98 Å². The van der Waals surface area contributed by atoms with Gasteiger partial charge < -0.3 is 19.6 Å². The number of rotatable bonds is 5. The zero-order chi connectivity index (χ0) is 19.1. The number of nitrogens with one attached hydrogen (secondary N) is 1. The smallest absolute Gasteiger partial charge is 0.335 e. The van der Waals surface area contributed by atoms with E-state index < -0.39 is 16.0 Å². The quantitative estimate of drug-likeness (QED) is 0.640. The molecule has 0 bridgehead atoms. The molecule has 136 valence electrons. The van der Waals surface area contributed by atoms with Crippen LogP contribution < -0.4 is 9.47 Å². The Bertz CT molecular complexity index is 1180. The molecule has 3 aromatic rings. The summed E-state index contributed by atoms with van der Waals surface area (Å²) >= 11 is 5.18. The van der Waals surface area contributed by atoms with Gasteiger partial charge in [0.15, 0.2) is 4.77 Å². The number of carbonyl (C=O) groups is 1. The molecule has 0 amide bonds. The zero-order valence-electron chi connectivity index (χ0n) is 13.7. The van der Waals surface area contributed by atoms with E-state index >= 15 is 0 Å². The van der Waals surface area contributed by atoms with Crippen LogP contribution in [-0.4, -0.2) is 42.7 Å². The average molecular weight is 394 g/mol. The number of carboxylic acids is 1. The molecule has 3 rings (SSSR count). The van der Waals surface area contributed by atoms with Crippen molar-refractivity contribution in [3.8, 4) is 11.5 Å². The van der Waals surface area contributed by atoms with Gasteiger partial charge in [-0.1, -0.05) is 0 Å². The molecule has 0 radical (unpaired) electrons. The van der Waals surface area contributed by atoms with E-state index in [0.29, 0.717) is 16.8 Å². The van der Waals surface area contributed by atoms with Crippen LogP contribution in [0.3, 0.4) is 0 Å². The van der Waals surface area contributed by atoms with Crippen LogP contribution in [0, 0.1) is 4.77 Å². The standard InChI is InChI=1S/C16H14N2O6S2/c1-23-10-4-5-12-11(8-10)17-16(25)18(12)26(21,22)14-6-3-9(15(19)20)7-13(14)24-2/h3-8H,1-2H3,(H,17,25)(H,19,20). The monoisotopic (exact) mass is 394 g/mol. The normalized spacial score (nSPS) is 11.5. The van der Waals surface area contributed by atoms with E-state index in [1.165, 1.54) is 26.4 Å². The molecule has 0 saturated carbocycles. The molecule has 0 aliphatic heterocycles. The SMILES string of the molecule is COc1ccc2c(c1)[nH]c(=S)n2S(=O)(=O)c1ccc(C(=O)O)cc1OC. The Morgan fingerprint density at radius 3 is 2.50 bits per heavy atom. The number of nitrogens with zero attached hydrogens (tertiary/aromatic N) is 1. The molecule has 0 fully saturated rings. The second kappa shape index (κ2) is 6.46. The Morgan fingerprint density at radius 1 is 1.15 bits per heavy atom. The van der Waals surface area contributed by atoms with Gasteiger partial charge in [0.2, 0.25) is 0 Å². The summed E-state index contributed by atoms with van der Waals surface area (Å²) < 4.78 is 37.5. The molecule has 1 heterocycles. The van der Waals surface area contributed by atoms with Crippen LogP contribution in [0.4, 0.5) is 0 Å². The first-order valence-electron chi connectivity index (χ1n) is 7.25. The lowest BCUT2D eigenvalue weighted by Crippen LogP contribution is -2.14. The van der Waals surface area contributed by atoms with E-state index in [1.807, 2.05) is 0 Å². The van der Waals surface area contributed by atoms with Gasteiger partial charge in [-0.3, -0.25) is 0 Å². The van der Waals surface area contributed by atoms with Crippen LogP contribution in [0.5, 0.6) is 11.5 Å². The third-order valence-electron chi connectivity index (χ3n) is 3.78. The lowest BCUT2D eigenvalue weighted by Gasteiger charge is -2.12. The highest BCUT2D eigenvalue weighted by Crippen LogP contribution is 2.30. The maximum atomic E-state index is 13.2. The number of fused-ring (bicyclic) bond motifs is 1. The molecule has 2 aromatic carbocycles. The number of aromatic amines is 1. The summed E-state index contributed by atoms with van der Waals surface area (Å²) in [5, 5.41) is 9.07. The highest BCUT2D eigenvalue weighted by molar-refractivity contribution is 7.90. The summed E-state index contributed by atoms with van der Waals surface area (Å²) in [4.78, 5) is 13.7. The zero-order valence-corrected chi connectivity index (χ0v) is 15.3. The third kappa shape index (κ3) is 2.82. The highest BCUT2D eigenvalue weighted by Gasteiger charge is 2.26. The van der Waals surface area contributed by atoms with E-state index in [9.17, 15) is 13.2 Å². The number of imidazole rings is 1. The van der Waals surface area contributed by atoms with Gasteiger partial charge in [0.1, 0.15) is 16.4 Å². The van der Waals surface area contributed by atoms with Crippen molar-refractivity contribution in [2.75, 3.05) is 14.2 Å². The minimum Gasteiger partial charge on any atom is -0.497 e. The molecule has 26 heavy (non-hydrogen) atoms. The Balaban J connectivity index is 2.27. The third-order valence-corrected chi connectivity index (χ3v) is 5.93. The van der Waals surface area contributed by atoms with Crippen molar-refractivity contribution in [3.05, 3.63) is 46.7 Å². The van der Waals surface area contributed by atoms with Gasteiger partial charge in [-0.15, -0.1) is 0 Å². The number of H-pyrrole nitrogens is 1. The van der Waals surface area contributed by atoms with Gasteiger partial charge in [0.25, 0.3) is 10.0 Å². The number of aromatic nitrogens is 2. The molecule has 8 nitrogen and oxygen atoms in total. The summed E-state index contributed by atoms with van der Waals surface area (Å²) in [6.45, 7) is 0. The van der Waals surface area contributed by atoms with Gasteiger partial charge >= 0.3 is 5.97 Å². The van der Waals surface area contributed by atoms with Crippen molar-refractivity contribution in [3.63, 3.8) is 0 Å². The highest BCUT2D eigenvalue weighted by atomic mass is 32.2. The van der Waals surface area contributed by atoms with E-state index in [0.717, 1.165) is 10.0 Å². The van der Waals surface area contributed by atoms with E-state index in [4.69, 9.17) is 26.8 Å². The maximum absolute atomic E-state index is 13.2. The molecule has 0 spiro atoms. The van der Waals surface area contributed by atoms with Crippen LogP contribution in [0.2, 0.25) is 0 Å². The molecule has 2 N–H and O–H groups in total. The van der Waals surface area contributed by atoms with Crippen LogP contribution in [0.1, 0.15) is 10.4 Å². The van der Waals surface area contributed by atoms with Crippen molar-refractivity contribution in [1.29, 1.82) is 0 Å². The van der Waals surface area contributed by atoms with E-state index in [1.54, 1.807) is 18.2 Å². The Kier molecular flexibility index (Phi) is 4.46. The first-order chi connectivity index (χ1) is 12.3. The molecule has 0 unspecified atom stereocenters. The van der Waals surface area contributed by atoms with Gasteiger partial charge in [-0.25, -0.2) is 17.2 Å². The number of hydrogen-bond acceptors (Lipinski definition) is 6. The number of benzene rings is 2. The minimum atomic E-state index is -4.14. The molecule has 10 heteroatoms. The molecular weight excluding hydrogens is 380 g/mol. The first kappa shape index (κ1) is 18.0. The fourth-order valence-electron chi connectivity index (χ4n) is 2.55. The Hall–Kier alpha value is -2.85. The fraction of sp³-hybridized carbons (Fsp3) is 0.125. The Morgan fingerprint density at radius 2 is 1.88 bits per heavy atom. The molecule has 0 atom stereocenters. The second-order valence-electron chi connectivity index (χ2n) is 5.25. The number of methoxy groups -OCH3 is 2. The summed E-state index contributed by atoms with van der Waals surface area (Å²) in [5.74, 6) is -0.737. The van der Waals surface area contributed by atoms with Crippen molar-refractivity contribution >= 4 is 39.2 Å². The summed E-state index contributed by atoms with van der Waals surface area (Å²) in [7, 11) is -1.37. The fourth-order valence-corrected chi connectivity index (χ4v) is 4.56. The molecule has 1 aromatic heterocycles. The largest absolute Gasteiger partial charge is 0.497 e. The average Bonchev–Trinajstić information content (AvgIpc) is 2.96. The van der Waals surface area contributed by atoms with E-state index in [-0.39, 0.29) is 21.0 Å². The number of aromatic carboxylic acids is 1. The maximum Gasteiger partial charge on any atom is 0.335 e. The van der Waals surface area contributed by atoms with Crippen LogP contribution in [0.15, 0.2) is 41.3 Å². The minimum absolute atomic E-state index is 0.0300. The summed E-state index contributed by atoms with van der Waals surface area (Å²) in [6, 6.07) is 8.33. The first-order valence-corrected chi connectivity index (χ1v) is 9.10. The van der Waals surface area contributed by atoms with Crippen LogP contribution in [0.25, 0.3) is 11.0 Å². The number of hydrogen-bond donors (Lipinski definition) is 2. The van der Waals surface area contributed by atoms with Gasteiger partial charge in [-0.05, 0) is 42.5 Å². The predicted molar refractivity (Wildman–Crippen MR) is 96.2 cm³/mol. The second-order valence-corrected chi connectivity index (χ2v) is 7.40. The van der Waals surface area contributed by atoms with Crippen LogP contribution in [-0.2, 0) is 10.0 Å². The molecule has 0 aliphatic carbocycles. The molecular formula is C16H14N2O6S2. The summed E-state index contributed by atoms with van der Waals surface area (Å²) in [6.07, 6.45) is 0. The van der Waals surface area contributed by atoms with Crippen molar-refractivity contribution < 1.29 is 27.8 Å². The number of carboxylic acid groups (broad SMARTS) is 1. The predicted octanol–water partition coefficient (Wildman–Crippen LogP) is 2.65. The Labute approximate surface area is 153 Å². The van der Waals surface area contributed by atoms with Gasteiger partial charge in [-0.2, -0.15) is 0 Å². The molecule has 0 aliphatic rings. The lowest BCUT2D eigenvalue weighted by molar-refractivity contribution is 0.0696. The van der Waals surface area contributed by atoms with Crippen LogP contribution >= 0.6 is 12.2 Å². The topological polar surface area (TPSA) is 111 Å². The summed E-state index contributed by atoms with van der Waals surface area (Å²) in [5.41, 5.74) is 0.729. The van der Waals surface area contributed by atoms with Crippen molar-refractivity contribution in [2.24, 2.45) is 0 Å². The van der Waals surface area contributed by atoms with Crippen molar-refractivity contribution in [2.45, 2.75) is 4.90 Å².